The van der Waals surface area contributed by atoms with Crippen molar-refractivity contribution in [2.24, 2.45) is 5.92 Å². The number of halogens is 1. The van der Waals surface area contributed by atoms with E-state index in [9.17, 15) is 4.39 Å². The lowest BCUT2D eigenvalue weighted by Crippen LogP contribution is -2.25. The van der Waals surface area contributed by atoms with Gasteiger partial charge < -0.3 is 10.6 Å². The summed E-state index contributed by atoms with van der Waals surface area (Å²) in [5.74, 6) is 1.11. The zero-order valence-corrected chi connectivity index (χ0v) is 9.30. The number of nitrogens with one attached hydrogen (secondary N) is 2. The average Bonchev–Trinajstić information content (AvgIpc) is 2.82. The minimum atomic E-state index is -0.104. The normalized spacial score (nSPS) is 28.6. The molecule has 0 aliphatic carbocycles. The zero-order chi connectivity index (χ0) is 11.0. The molecule has 0 saturated carbocycles. The second-order valence-electron chi connectivity index (χ2n) is 4.78. The molecule has 2 atom stereocenters. The van der Waals surface area contributed by atoms with E-state index < -0.39 is 0 Å². The first-order valence-corrected chi connectivity index (χ1v) is 6.09. The maximum Gasteiger partial charge on any atom is 0.146 e. The molecule has 0 amide bonds. The average molecular weight is 220 g/mol. The van der Waals surface area contributed by atoms with Crippen molar-refractivity contribution >= 4 is 5.69 Å². The Hall–Kier alpha value is -1.09. The van der Waals surface area contributed by atoms with Gasteiger partial charge in [-0.15, -0.1) is 0 Å². The maximum absolute atomic E-state index is 13.7. The molecule has 2 aliphatic rings. The number of rotatable bonds is 1. The topological polar surface area (TPSA) is 24.1 Å². The number of hydrogen-bond donors (Lipinski definition) is 2. The van der Waals surface area contributed by atoms with Gasteiger partial charge >= 0.3 is 0 Å². The van der Waals surface area contributed by atoms with Crippen molar-refractivity contribution in [3.63, 3.8) is 0 Å². The Kier molecular flexibility index (Phi) is 2.56. The molecule has 2 N–H and O–H groups in total. The van der Waals surface area contributed by atoms with Gasteiger partial charge in [0.1, 0.15) is 5.82 Å². The van der Waals surface area contributed by atoms with Crippen LogP contribution in [0.3, 0.4) is 0 Å². The zero-order valence-electron chi connectivity index (χ0n) is 9.30. The summed E-state index contributed by atoms with van der Waals surface area (Å²) in [6, 6.07) is 5.45. The number of fused-ring (bicyclic) bond motifs is 1. The Balaban J connectivity index is 1.96. The Morgan fingerprint density at radius 3 is 2.94 bits per heavy atom. The Morgan fingerprint density at radius 2 is 2.12 bits per heavy atom. The van der Waals surface area contributed by atoms with Crippen LogP contribution >= 0.6 is 0 Å². The van der Waals surface area contributed by atoms with Crippen LogP contribution < -0.4 is 10.6 Å². The monoisotopic (exact) mass is 220 g/mol. The van der Waals surface area contributed by atoms with Gasteiger partial charge in [0, 0.05) is 6.54 Å². The summed E-state index contributed by atoms with van der Waals surface area (Å²) in [6.45, 7) is 3.09. The van der Waals surface area contributed by atoms with Gasteiger partial charge in [0.05, 0.1) is 5.69 Å². The molecule has 1 aromatic carbocycles. The van der Waals surface area contributed by atoms with Crippen LogP contribution in [0.4, 0.5) is 10.1 Å². The first-order valence-electron chi connectivity index (χ1n) is 6.09. The third-order valence-corrected chi connectivity index (χ3v) is 3.87. The summed E-state index contributed by atoms with van der Waals surface area (Å²) >= 11 is 0. The second-order valence-corrected chi connectivity index (χ2v) is 4.78. The van der Waals surface area contributed by atoms with Crippen LogP contribution in [-0.4, -0.2) is 19.6 Å². The summed E-state index contributed by atoms with van der Waals surface area (Å²) in [5.41, 5.74) is 1.92. The second kappa shape index (κ2) is 4.06. The number of hydrogen-bond acceptors (Lipinski definition) is 2. The van der Waals surface area contributed by atoms with E-state index in [-0.39, 0.29) is 5.82 Å². The minimum Gasteiger partial charge on any atom is -0.382 e. The fourth-order valence-corrected chi connectivity index (χ4v) is 3.05. The van der Waals surface area contributed by atoms with Crippen molar-refractivity contribution in [3.05, 3.63) is 29.6 Å². The molecule has 1 aromatic rings. The predicted octanol–water partition coefficient (Wildman–Crippen LogP) is 2.33. The van der Waals surface area contributed by atoms with E-state index in [1.54, 1.807) is 6.07 Å². The summed E-state index contributed by atoms with van der Waals surface area (Å²) in [6.07, 6.45) is 2.35. The molecule has 3 rings (SSSR count). The molecule has 0 bridgehead atoms. The molecule has 3 heteroatoms. The SMILES string of the molecule is Fc1cccc2c1NCCC2C1CCNC1. The number of anilines is 1. The van der Waals surface area contributed by atoms with E-state index >= 15 is 0 Å². The van der Waals surface area contributed by atoms with Crippen LogP contribution in [0.25, 0.3) is 0 Å². The van der Waals surface area contributed by atoms with Crippen molar-refractivity contribution in [2.75, 3.05) is 25.0 Å². The van der Waals surface area contributed by atoms with Crippen molar-refractivity contribution in [3.8, 4) is 0 Å². The van der Waals surface area contributed by atoms with Crippen LogP contribution in [0.15, 0.2) is 18.2 Å². The molecule has 0 radical (unpaired) electrons. The van der Waals surface area contributed by atoms with Gasteiger partial charge in [-0.2, -0.15) is 0 Å². The van der Waals surface area contributed by atoms with Crippen LogP contribution in [0.5, 0.6) is 0 Å². The smallest absolute Gasteiger partial charge is 0.146 e. The van der Waals surface area contributed by atoms with Crippen molar-refractivity contribution < 1.29 is 4.39 Å². The largest absolute Gasteiger partial charge is 0.382 e. The minimum absolute atomic E-state index is 0.104. The van der Waals surface area contributed by atoms with Crippen molar-refractivity contribution in [2.45, 2.75) is 18.8 Å². The third kappa shape index (κ3) is 1.59. The molecule has 2 heterocycles. The molecule has 1 fully saturated rings. The highest BCUT2D eigenvalue weighted by atomic mass is 19.1. The molecule has 16 heavy (non-hydrogen) atoms. The Labute approximate surface area is 95.2 Å². The number of benzene rings is 1. The van der Waals surface area contributed by atoms with E-state index in [2.05, 4.69) is 16.7 Å². The van der Waals surface area contributed by atoms with Gasteiger partial charge in [0.2, 0.25) is 0 Å². The van der Waals surface area contributed by atoms with Gasteiger partial charge in [-0.05, 0) is 49.4 Å². The van der Waals surface area contributed by atoms with E-state index in [1.807, 2.05) is 6.07 Å². The highest BCUT2D eigenvalue weighted by molar-refractivity contribution is 5.56. The first kappa shape index (κ1) is 10.1. The van der Waals surface area contributed by atoms with Gasteiger partial charge in [-0.3, -0.25) is 0 Å². The molecular weight excluding hydrogens is 203 g/mol. The summed E-state index contributed by atoms with van der Waals surface area (Å²) in [5, 5.41) is 6.59. The van der Waals surface area contributed by atoms with Crippen molar-refractivity contribution in [1.82, 2.24) is 5.32 Å². The van der Waals surface area contributed by atoms with Crippen LogP contribution in [0, 0.1) is 11.7 Å². The standard InChI is InChI=1S/C13H17FN2/c14-12-3-1-2-11-10(5-7-16-13(11)12)9-4-6-15-8-9/h1-3,9-10,15-16H,4-8H2. The fraction of sp³-hybridized carbons (Fsp3) is 0.538. The van der Waals surface area contributed by atoms with Gasteiger partial charge in [-0.25, -0.2) is 4.39 Å². The third-order valence-electron chi connectivity index (χ3n) is 3.87. The van der Waals surface area contributed by atoms with Crippen LogP contribution in [0.1, 0.15) is 24.3 Å². The maximum atomic E-state index is 13.7. The molecule has 86 valence electrons. The quantitative estimate of drug-likeness (QED) is 0.759. The van der Waals surface area contributed by atoms with Gasteiger partial charge in [0.25, 0.3) is 0 Å². The molecule has 0 spiro atoms. The fourth-order valence-electron chi connectivity index (χ4n) is 3.05. The summed E-state index contributed by atoms with van der Waals surface area (Å²) in [7, 11) is 0. The predicted molar refractivity (Wildman–Crippen MR) is 63.2 cm³/mol. The first-order chi connectivity index (χ1) is 7.86. The molecule has 2 unspecified atom stereocenters. The lowest BCUT2D eigenvalue weighted by molar-refractivity contribution is 0.431. The molecule has 0 aromatic heterocycles. The van der Waals surface area contributed by atoms with Crippen molar-refractivity contribution in [1.29, 1.82) is 0 Å². The van der Waals surface area contributed by atoms with E-state index in [0.717, 1.165) is 31.7 Å². The lowest BCUT2D eigenvalue weighted by Gasteiger charge is -2.30. The summed E-state index contributed by atoms with van der Waals surface area (Å²) in [4.78, 5) is 0. The molecule has 1 saturated heterocycles. The Bertz CT molecular complexity index is 386. The van der Waals surface area contributed by atoms with E-state index in [1.165, 1.54) is 12.0 Å². The number of para-hydroxylation sites is 1. The lowest BCUT2D eigenvalue weighted by atomic mass is 9.80. The van der Waals surface area contributed by atoms with Gasteiger partial charge in [-0.1, -0.05) is 12.1 Å². The molecular formula is C13H17FN2. The highest BCUT2D eigenvalue weighted by Crippen LogP contribution is 2.39. The highest BCUT2D eigenvalue weighted by Gasteiger charge is 2.30. The Morgan fingerprint density at radius 1 is 1.19 bits per heavy atom. The van der Waals surface area contributed by atoms with Crippen LogP contribution in [0.2, 0.25) is 0 Å². The van der Waals surface area contributed by atoms with Crippen LogP contribution in [-0.2, 0) is 0 Å². The molecule has 2 aliphatic heterocycles. The summed E-state index contributed by atoms with van der Waals surface area (Å²) < 4.78 is 13.7. The van der Waals surface area contributed by atoms with E-state index in [0.29, 0.717) is 11.8 Å². The van der Waals surface area contributed by atoms with E-state index in [4.69, 9.17) is 0 Å². The molecule has 2 nitrogen and oxygen atoms in total. The van der Waals surface area contributed by atoms with Gasteiger partial charge in [0.15, 0.2) is 0 Å².